The summed E-state index contributed by atoms with van der Waals surface area (Å²) in [6.45, 7) is 2.64. The third kappa shape index (κ3) is 5.41. The molecule has 0 bridgehead atoms. The van der Waals surface area contributed by atoms with Crippen LogP contribution in [0.15, 0.2) is 88.7 Å². The van der Waals surface area contributed by atoms with Crippen LogP contribution in [0.25, 0.3) is 0 Å². The predicted molar refractivity (Wildman–Crippen MR) is 129 cm³/mol. The molecule has 3 aromatic rings. The van der Waals surface area contributed by atoms with Crippen molar-refractivity contribution in [2.24, 2.45) is 0 Å². The number of fused-ring (bicyclic) bond motifs is 1. The molecule has 1 aliphatic rings. The van der Waals surface area contributed by atoms with Crippen LogP contribution in [-0.4, -0.2) is 30.4 Å². The van der Waals surface area contributed by atoms with Crippen molar-refractivity contribution in [3.63, 3.8) is 0 Å². The van der Waals surface area contributed by atoms with Gasteiger partial charge >= 0.3 is 0 Å². The Balaban J connectivity index is 1.65. The van der Waals surface area contributed by atoms with Gasteiger partial charge in [-0.05, 0) is 35.7 Å². The van der Waals surface area contributed by atoms with Crippen molar-refractivity contribution in [3.05, 3.63) is 90.0 Å². The van der Waals surface area contributed by atoms with Gasteiger partial charge < -0.3 is 5.32 Å². The smallest absolute Gasteiger partial charge is 0.243 e. The second-order valence-corrected chi connectivity index (χ2v) is 11.3. The van der Waals surface area contributed by atoms with Crippen LogP contribution in [0.2, 0.25) is 0 Å². The van der Waals surface area contributed by atoms with E-state index in [1.54, 1.807) is 30.0 Å². The number of carbonyl (C=O) groups is 1. The number of amides is 1. The van der Waals surface area contributed by atoms with E-state index in [1.165, 1.54) is 4.31 Å². The maximum absolute atomic E-state index is 13.7. The van der Waals surface area contributed by atoms with Crippen LogP contribution in [0.1, 0.15) is 24.5 Å². The number of rotatable bonds is 7. The van der Waals surface area contributed by atoms with Crippen molar-refractivity contribution in [2.75, 3.05) is 11.9 Å². The molecular formula is C25H26N2O3S2. The summed E-state index contributed by atoms with van der Waals surface area (Å²) in [5, 5.41) is 3.01. The van der Waals surface area contributed by atoms with Crippen molar-refractivity contribution in [1.29, 1.82) is 0 Å². The lowest BCUT2D eigenvalue weighted by Crippen LogP contribution is -2.32. The van der Waals surface area contributed by atoms with Crippen LogP contribution in [-0.2, 0) is 27.8 Å². The minimum atomic E-state index is -3.77. The van der Waals surface area contributed by atoms with E-state index < -0.39 is 10.0 Å². The lowest BCUT2D eigenvalue weighted by molar-refractivity contribution is -0.116. The van der Waals surface area contributed by atoms with E-state index in [-0.39, 0.29) is 22.6 Å². The van der Waals surface area contributed by atoms with Crippen LogP contribution in [0.4, 0.5) is 5.69 Å². The third-order valence-electron chi connectivity index (χ3n) is 5.36. The minimum absolute atomic E-state index is 0.0940. The van der Waals surface area contributed by atoms with Crippen molar-refractivity contribution < 1.29 is 13.2 Å². The molecule has 4 rings (SSSR count). The first kappa shape index (κ1) is 22.6. The lowest BCUT2D eigenvalue weighted by Gasteiger charge is -2.23. The molecule has 0 fully saturated rings. The zero-order valence-corrected chi connectivity index (χ0v) is 19.5. The normalized spacial score (nSPS) is 16.3. The molecule has 1 aliphatic heterocycles. The zero-order valence-electron chi connectivity index (χ0n) is 17.9. The predicted octanol–water partition coefficient (Wildman–Crippen LogP) is 4.94. The summed E-state index contributed by atoms with van der Waals surface area (Å²) in [6.07, 6.45) is 1.01. The van der Waals surface area contributed by atoms with E-state index in [2.05, 4.69) is 5.32 Å². The third-order valence-corrected chi connectivity index (χ3v) is 8.38. The van der Waals surface area contributed by atoms with Gasteiger partial charge in [-0.1, -0.05) is 67.6 Å². The lowest BCUT2D eigenvalue weighted by atomic mass is 10.1. The number of nitrogens with one attached hydrogen (secondary N) is 1. The van der Waals surface area contributed by atoms with Crippen molar-refractivity contribution in [3.8, 4) is 0 Å². The summed E-state index contributed by atoms with van der Waals surface area (Å²) in [5.74, 6) is -0.0940. The average Bonchev–Trinajstić information content (AvgIpc) is 2.93. The van der Waals surface area contributed by atoms with Gasteiger partial charge in [-0.25, -0.2) is 8.42 Å². The number of carbonyl (C=O) groups excluding carboxylic acids is 1. The van der Waals surface area contributed by atoms with Crippen LogP contribution >= 0.6 is 11.8 Å². The molecule has 0 radical (unpaired) electrons. The molecule has 0 aromatic heterocycles. The molecule has 32 heavy (non-hydrogen) atoms. The van der Waals surface area contributed by atoms with E-state index in [9.17, 15) is 13.2 Å². The number of benzene rings is 3. The number of sulfonamides is 1. The molecule has 1 atom stereocenters. The maximum Gasteiger partial charge on any atom is 0.243 e. The first-order valence-corrected chi connectivity index (χ1v) is 12.9. The minimum Gasteiger partial charge on any atom is -0.325 e. The fourth-order valence-electron chi connectivity index (χ4n) is 3.71. The largest absolute Gasteiger partial charge is 0.325 e. The van der Waals surface area contributed by atoms with Gasteiger partial charge in [-0.3, -0.25) is 4.79 Å². The topological polar surface area (TPSA) is 66.5 Å². The second kappa shape index (κ2) is 9.90. The number of anilines is 1. The fourth-order valence-corrected chi connectivity index (χ4v) is 6.22. The van der Waals surface area contributed by atoms with E-state index in [4.69, 9.17) is 0 Å². The Labute approximate surface area is 193 Å². The van der Waals surface area contributed by atoms with Gasteiger partial charge in [0.25, 0.3) is 0 Å². The summed E-state index contributed by atoms with van der Waals surface area (Å²) in [5.41, 5.74) is 2.57. The highest BCUT2D eigenvalue weighted by molar-refractivity contribution is 8.00. The molecule has 3 aromatic carbocycles. The molecule has 7 heteroatoms. The summed E-state index contributed by atoms with van der Waals surface area (Å²) in [4.78, 5) is 13.2. The van der Waals surface area contributed by atoms with E-state index in [0.29, 0.717) is 25.1 Å². The monoisotopic (exact) mass is 466 g/mol. The summed E-state index contributed by atoms with van der Waals surface area (Å²) < 4.78 is 28.9. The Morgan fingerprint density at radius 1 is 0.969 bits per heavy atom. The van der Waals surface area contributed by atoms with Crippen LogP contribution < -0.4 is 5.32 Å². The van der Waals surface area contributed by atoms with Crippen molar-refractivity contribution in [2.45, 2.75) is 41.4 Å². The first-order chi connectivity index (χ1) is 15.4. The molecule has 1 N–H and O–H groups in total. The molecule has 0 saturated heterocycles. The summed E-state index contributed by atoms with van der Waals surface area (Å²) >= 11 is 1.58. The quantitative estimate of drug-likeness (QED) is 0.535. The van der Waals surface area contributed by atoms with E-state index in [0.717, 1.165) is 16.0 Å². The van der Waals surface area contributed by atoms with E-state index >= 15 is 0 Å². The number of hydrogen-bond donors (Lipinski definition) is 1. The van der Waals surface area contributed by atoms with Gasteiger partial charge in [0.15, 0.2) is 0 Å². The first-order valence-electron chi connectivity index (χ1n) is 10.6. The van der Waals surface area contributed by atoms with E-state index in [1.807, 2.05) is 67.6 Å². The number of hydrogen-bond acceptors (Lipinski definition) is 4. The standard InChI is InChI=1S/C25H26N2O3S2/c1-19-16-25(28)26-23-17-22(12-13-24(23)31-19)32(29,30)27(18-21-10-6-3-7-11-21)15-14-20-8-4-2-5-9-20/h2-13,17,19H,14-16,18H2,1H3,(H,26,28). The highest BCUT2D eigenvalue weighted by Crippen LogP contribution is 2.36. The van der Waals surface area contributed by atoms with Crippen LogP contribution in [0, 0.1) is 0 Å². The highest BCUT2D eigenvalue weighted by atomic mass is 32.2. The molecule has 1 unspecified atom stereocenters. The SMILES string of the molecule is CC1CC(=O)Nc2cc(S(=O)(=O)N(CCc3ccccc3)Cc3ccccc3)ccc2S1. The maximum atomic E-state index is 13.7. The second-order valence-electron chi connectivity index (χ2n) is 7.90. The molecule has 0 aliphatic carbocycles. The van der Waals surface area contributed by atoms with Crippen molar-refractivity contribution >= 4 is 33.4 Å². The Morgan fingerprint density at radius 2 is 1.62 bits per heavy atom. The van der Waals surface area contributed by atoms with Gasteiger partial charge in [-0.2, -0.15) is 4.31 Å². The molecule has 0 saturated carbocycles. The van der Waals surface area contributed by atoms with Crippen LogP contribution in [0.5, 0.6) is 0 Å². The number of thioether (sulfide) groups is 1. The zero-order chi connectivity index (χ0) is 22.6. The Morgan fingerprint density at radius 3 is 2.31 bits per heavy atom. The average molecular weight is 467 g/mol. The van der Waals surface area contributed by atoms with Crippen LogP contribution in [0.3, 0.4) is 0 Å². The summed E-state index contributed by atoms with van der Waals surface area (Å²) in [7, 11) is -3.77. The van der Waals surface area contributed by atoms with Gasteiger partial charge in [0.2, 0.25) is 15.9 Å². The van der Waals surface area contributed by atoms with Gasteiger partial charge in [0.1, 0.15) is 0 Å². The van der Waals surface area contributed by atoms with Crippen molar-refractivity contribution in [1.82, 2.24) is 4.31 Å². The Kier molecular flexibility index (Phi) is 6.98. The molecule has 5 nitrogen and oxygen atoms in total. The molecule has 1 heterocycles. The molecule has 166 valence electrons. The number of nitrogens with zero attached hydrogens (tertiary/aromatic N) is 1. The van der Waals surface area contributed by atoms with Gasteiger partial charge in [-0.15, -0.1) is 11.8 Å². The highest BCUT2D eigenvalue weighted by Gasteiger charge is 2.27. The van der Waals surface area contributed by atoms with Gasteiger partial charge in [0, 0.05) is 29.7 Å². The molecule has 0 spiro atoms. The Bertz CT molecular complexity index is 1180. The molecule has 1 amide bonds. The Hall–Kier alpha value is -2.61. The fraction of sp³-hybridized carbons (Fsp3) is 0.240. The summed E-state index contributed by atoms with van der Waals surface area (Å²) in [6, 6.07) is 24.5. The van der Waals surface area contributed by atoms with Gasteiger partial charge in [0.05, 0.1) is 10.6 Å². The molecular weight excluding hydrogens is 440 g/mol.